The van der Waals surface area contributed by atoms with Gasteiger partial charge in [0.05, 0.1) is 18.3 Å². The molecular weight excluding hydrogens is 578 g/mol. The highest BCUT2D eigenvalue weighted by atomic mass is 19.4. The molecule has 3 heterocycles. The van der Waals surface area contributed by atoms with E-state index in [1.165, 1.54) is 19.5 Å². The van der Waals surface area contributed by atoms with Gasteiger partial charge in [-0.05, 0) is 66.8 Å². The highest BCUT2D eigenvalue weighted by Crippen LogP contribution is 3.09. The summed E-state index contributed by atoms with van der Waals surface area (Å²) >= 11 is 0. The summed E-state index contributed by atoms with van der Waals surface area (Å²) in [5.74, 6) is 1.16. The standard InChI is InChI=1S/C31H31F4N7O2/c1-11(2)14-8-15(31(33,34)35)41-42(14)30-20-16-19-17(20)23(30)28(19,22(16)30)9-36-25-13-6-7-29(32,43)24(13)39-26(40-25)18-21(12-4-5-12)37-10-38-27(18)44-3/h8,10-12,16-17,19-20,22-23,43H,4-7,9H2,1-3H3,(H,36,39,40)/t16-,17+,19?,20?,22?,23?,28?,29?,30?. The maximum Gasteiger partial charge on any atom is 0.435 e. The monoisotopic (exact) mass is 609 g/mol. The average Bonchev–Trinajstić information content (AvgIpc) is 3.65. The summed E-state index contributed by atoms with van der Waals surface area (Å²) in [7, 11) is 1.50. The van der Waals surface area contributed by atoms with Gasteiger partial charge in [-0.3, -0.25) is 4.68 Å². The first kappa shape index (κ1) is 25.9. The van der Waals surface area contributed by atoms with E-state index in [2.05, 4.69) is 25.4 Å². The van der Waals surface area contributed by atoms with Gasteiger partial charge < -0.3 is 15.2 Å². The van der Waals surface area contributed by atoms with Crippen LogP contribution in [0.1, 0.15) is 73.3 Å². The van der Waals surface area contributed by atoms with Crippen LogP contribution in [0.15, 0.2) is 12.4 Å². The Balaban J connectivity index is 1.01. The Labute approximate surface area is 249 Å². The Hall–Kier alpha value is -3.35. The summed E-state index contributed by atoms with van der Waals surface area (Å²) in [5.41, 5.74) is 1.28. The van der Waals surface area contributed by atoms with Gasteiger partial charge in [0.2, 0.25) is 5.88 Å². The van der Waals surface area contributed by atoms with Gasteiger partial charge in [0.1, 0.15) is 23.4 Å². The summed E-state index contributed by atoms with van der Waals surface area (Å²) < 4.78 is 63.9. The summed E-state index contributed by atoms with van der Waals surface area (Å²) in [6.07, 6.45) is -0.935. The third-order valence-electron chi connectivity index (χ3n) is 12.6. The lowest BCUT2D eigenvalue weighted by atomic mass is 8.94. The van der Waals surface area contributed by atoms with Crippen molar-refractivity contribution in [3.05, 3.63) is 40.7 Å². The molecule has 7 unspecified atom stereocenters. The molecule has 8 aliphatic carbocycles. The number of aromatic nitrogens is 6. The zero-order valence-electron chi connectivity index (χ0n) is 24.4. The highest BCUT2D eigenvalue weighted by molar-refractivity contribution is 5.69. The van der Waals surface area contributed by atoms with E-state index in [1.807, 2.05) is 13.8 Å². The topological polar surface area (TPSA) is 111 Å². The first-order valence-electron chi connectivity index (χ1n) is 15.6. The number of hydrogen-bond acceptors (Lipinski definition) is 8. The number of ether oxygens (including phenoxy) is 1. The third kappa shape index (κ3) is 2.58. The predicted octanol–water partition coefficient (Wildman–Crippen LogP) is 4.78. The van der Waals surface area contributed by atoms with Gasteiger partial charge in [-0.15, -0.1) is 0 Å². The maximum absolute atomic E-state index is 15.4. The molecule has 7 saturated carbocycles. The van der Waals surface area contributed by atoms with Gasteiger partial charge in [-0.1, -0.05) is 13.8 Å². The Morgan fingerprint density at radius 2 is 1.89 bits per heavy atom. The van der Waals surface area contributed by atoms with Gasteiger partial charge >= 0.3 is 6.18 Å². The molecule has 3 aromatic rings. The first-order valence-corrected chi connectivity index (χ1v) is 15.6. The molecule has 0 aliphatic heterocycles. The second-order valence-electron chi connectivity index (χ2n) is 14.4. The van der Waals surface area contributed by atoms with Crippen LogP contribution in [0.3, 0.4) is 0 Å². The van der Waals surface area contributed by atoms with Crippen molar-refractivity contribution >= 4 is 5.82 Å². The van der Waals surface area contributed by atoms with Crippen LogP contribution in [0.2, 0.25) is 0 Å². The van der Waals surface area contributed by atoms with Crippen LogP contribution < -0.4 is 10.1 Å². The normalized spacial score (nSPS) is 39.5. The van der Waals surface area contributed by atoms with Crippen molar-refractivity contribution in [2.45, 2.75) is 68.9 Å². The first-order chi connectivity index (χ1) is 21.0. The van der Waals surface area contributed by atoms with E-state index in [0.717, 1.165) is 18.5 Å². The Kier molecular flexibility index (Phi) is 4.44. The molecule has 3 aromatic heterocycles. The lowest BCUT2D eigenvalue weighted by Crippen LogP contribution is -3.13. The smallest absolute Gasteiger partial charge is 0.435 e. The van der Waals surface area contributed by atoms with Crippen molar-refractivity contribution in [3.8, 4) is 17.3 Å². The summed E-state index contributed by atoms with van der Waals surface area (Å²) in [4.78, 5) is 18.2. The fourth-order valence-corrected chi connectivity index (χ4v) is 11.2. The average molecular weight is 610 g/mol. The second-order valence-corrected chi connectivity index (χ2v) is 14.4. The number of rotatable bonds is 8. The van der Waals surface area contributed by atoms with Gasteiger partial charge in [-0.25, -0.2) is 24.3 Å². The fraction of sp³-hybridized carbons (Fsp3) is 0.645. The van der Waals surface area contributed by atoms with Crippen LogP contribution in [0.25, 0.3) is 11.4 Å². The van der Waals surface area contributed by atoms with E-state index in [1.54, 1.807) is 4.68 Å². The minimum atomic E-state index is -4.48. The molecule has 0 aromatic carbocycles. The van der Waals surface area contributed by atoms with Crippen LogP contribution in [0.5, 0.6) is 5.88 Å². The minimum Gasteiger partial charge on any atom is -0.480 e. The molecule has 8 aliphatic rings. The molecule has 44 heavy (non-hydrogen) atoms. The molecular formula is C31H31F4N7O2. The van der Waals surface area contributed by atoms with E-state index in [4.69, 9.17) is 9.72 Å². The van der Waals surface area contributed by atoms with Crippen LogP contribution in [-0.4, -0.2) is 48.5 Å². The van der Waals surface area contributed by atoms with Gasteiger partial charge in [0, 0.05) is 35.6 Å². The predicted molar refractivity (Wildman–Crippen MR) is 146 cm³/mol. The molecule has 11 rings (SSSR count). The number of fused-ring (bicyclic) bond motifs is 1. The maximum atomic E-state index is 15.4. The van der Waals surface area contributed by atoms with Crippen LogP contribution >= 0.6 is 0 Å². The fourth-order valence-electron chi connectivity index (χ4n) is 11.2. The molecule has 230 valence electrons. The van der Waals surface area contributed by atoms with Gasteiger partial charge in [-0.2, -0.15) is 18.3 Å². The number of nitrogens with one attached hydrogen (secondary N) is 1. The lowest BCUT2D eigenvalue weighted by molar-refractivity contribution is -0.644. The van der Waals surface area contributed by atoms with Crippen molar-refractivity contribution in [2.75, 3.05) is 19.0 Å². The van der Waals surface area contributed by atoms with Crippen molar-refractivity contribution in [1.82, 2.24) is 29.7 Å². The van der Waals surface area contributed by atoms with Crippen LogP contribution in [-0.2, 0) is 24.0 Å². The quantitative estimate of drug-likeness (QED) is 0.352. The SMILES string of the molecule is COc1ncnc(C2CC2)c1-c1nc(NCC23C4[C@@H]5C6[C@H]4C2C6(n2nc(C(F)(F)F)cc2C(C)C)C53)c2c(n1)C(O)(F)CC2. The van der Waals surface area contributed by atoms with E-state index < -0.39 is 17.7 Å². The molecule has 0 amide bonds. The van der Waals surface area contributed by atoms with Crippen LogP contribution in [0.4, 0.5) is 23.4 Å². The van der Waals surface area contributed by atoms with E-state index in [-0.39, 0.29) is 59.0 Å². The van der Waals surface area contributed by atoms with E-state index in [9.17, 15) is 18.3 Å². The molecule has 13 heteroatoms. The number of nitrogens with zero attached hydrogens (tertiary/aromatic N) is 6. The second kappa shape index (κ2) is 7.54. The zero-order chi connectivity index (χ0) is 30.3. The number of hydrogen-bond donors (Lipinski definition) is 2. The number of methoxy groups -OCH3 is 1. The molecule has 7 fully saturated rings. The minimum absolute atomic E-state index is 0.0297. The molecule has 2 N–H and O–H groups in total. The van der Waals surface area contributed by atoms with Crippen molar-refractivity contribution in [3.63, 3.8) is 0 Å². The van der Waals surface area contributed by atoms with Crippen molar-refractivity contribution in [2.24, 2.45) is 40.9 Å². The van der Waals surface area contributed by atoms with E-state index >= 15 is 4.39 Å². The lowest BCUT2D eigenvalue weighted by Gasteiger charge is -3.11. The van der Waals surface area contributed by atoms with Crippen molar-refractivity contribution in [1.29, 1.82) is 0 Å². The molecule has 9 atom stereocenters. The number of halogens is 4. The van der Waals surface area contributed by atoms with Crippen molar-refractivity contribution < 1.29 is 27.4 Å². The zero-order valence-corrected chi connectivity index (χ0v) is 24.4. The van der Waals surface area contributed by atoms with E-state index in [0.29, 0.717) is 58.7 Å². The Morgan fingerprint density at radius 3 is 2.55 bits per heavy atom. The largest absolute Gasteiger partial charge is 0.480 e. The van der Waals surface area contributed by atoms with Gasteiger partial charge in [0.25, 0.3) is 5.85 Å². The Morgan fingerprint density at radius 1 is 1.14 bits per heavy atom. The highest BCUT2D eigenvalue weighted by Gasteiger charge is 3.11. The number of alkyl halides is 4. The van der Waals surface area contributed by atoms with Crippen LogP contribution in [0, 0.1) is 40.9 Å². The molecule has 0 saturated heterocycles. The summed E-state index contributed by atoms with van der Waals surface area (Å²) in [5, 5.41) is 18.4. The third-order valence-corrected chi connectivity index (χ3v) is 12.6. The molecule has 9 nitrogen and oxygen atoms in total. The Bertz CT molecular complexity index is 1780. The number of aliphatic hydroxyl groups is 1. The summed E-state index contributed by atoms with van der Waals surface area (Å²) in [6, 6.07) is 1.23. The molecule has 0 radical (unpaired) electrons. The number of anilines is 1. The molecule has 0 bridgehead atoms. The summed E-state index contributed by atoms with van der Waals surface area (Å²) in [6.45, 7) is 4.44. The van der Waals surface area contributed by atoms with Gasteiger partial charge in [0.15, 0.2) is 11.5 Å². The molecule has 0 spiro atoms.